The van der Waals surface area contributed by atoms with E-state index in [9.17, 15) is 4.79 Å². The van der Waals surface area contributed by atoms with Gasteiger partial charge in [-0.05, 0) is 50.5 Å². The average molecular weight is 329 g/mol. The number of carbonyl (C=O) groups is 1. The minimum Gasteiger partial charge on any atom is -0.497 e. The summed E-state index contributed by atoms with van der Waals surface area (Å²) in [6, 6.07) is 8.25. The number of methoxy groups -OCH3 is 1. The van der Waals surface area contributed by atoms with Crippen LogP contribution in [0, 0.1) is 12.8 Å². The minimum atomic E-state index is -0.0529. The quantitative estimate of drug-likeness (QED) is 0.810. The zero-order chi connectivity index (χ0) is 17.1. The monoisotopic (exact) mass is 329 g/mol. The normalized spacial score (nSPS) is 15.5. The number of pyridine rings is 1. The number of rotatable bonds is 4. The van der Waals surface area contributed by atoms with Crippen LogP contribution in [0.5, 0.6) is 5.75 Å². The van der Waals surface area contributed by atoms with Crippen LogP contribution in [0.1, 0.15) is 25.3 Å². The second-order valence-electron chi connectivity index (χ2n) is 6.26. The van der Waals surface area contributed by atoms with Crippen LogP contribution in [0.2, 0.25) is 0 Å². The van der Waals surface area contributed by atoms with Crippen LogP contribution in [0.4, 0.5) is 5.82 Å². The fourth-order valence-electron chi connectivity index (χ4n) is 3.33. The fourth-order valence-corrected chi connectivity index (χ4v) is 3.33. The molecule has 0 aliphatic carbocycles. The van der Waals surface area contributed by atoms with E-state index in [0.717, 1.165) is 43.0 Å². The molecule has 0 amide bonds. The van der Waals surface area contributed by atoms with Crippen LogP contribution >= 0.6 is 0 Å². The molecule has 1 aromatic carbocycles. The predicted octanol–water partition coefficient (Wildman–Crippen LogP) is 2.75. The molecule has 3 rings (SSSR count). The Hall–Kier alpha value is -2.30. The van der Waals surface area contributed by atoms with Crippen LogP contribution < -0.4 is 14.6 Å². The molecule has 128 valence electrons. The number of esters is 1. The first-order valence-electron chi connectivity index (χ1n) is 8.54. The lowest BCUT2D eigenvalue weighted by atomic mass is 9.97. The Bertz CT molecular complexity index is 737. The van der Waals surface area contributed by atoms with Crippen LogP contribution in [-0.4, -0.2) is 32.8 Å². The Morgan fingerprint density at radius 3 is 2.71 bits per heavy atom. The van der Waals surface area contributed by atoms with Gasteiger partial charge in [-0.1, -0.05) is 0 Å². The molecule has 1 aliphatic rings. The maximum atomic E-state index is 11.9. The van der Waals surface area contributed by atoms with Crippen molar-refractivity contribution in [3.05, 3.63) is 29.8 Å². The maximum Gasteiger partial charge on any atom is 0.309 e. The van der Waals surface area contributed by atoms with Crippen molar-refractivity contribution >= 4 is 22.7 Å². The number of hydrogen-bond acceptors (Lipinski definition) is 4. The fraction of sp³-hybridized carbons (Fsp3) is 0.474. The Labute approximate surface area is 142 Å². The van der Waals surface area contributed by atoms with Crippen molar-refractivity contribution in [3.63, 3.8) is 0 Å². The lowest BCUT2D eigenvalue weighted by molar-refractivity contribution is -0.330. The highest BCUT2D eigenvalue weighted by Crippen LogP contribution is 2.26. The van der Waals surface area contributed by atoms with Gasteiger partial charge in [0.15, 0.2) is 0 Å². The molecule has 24 heavy (non-hydrogen) atoms. The van der Waals surface area contributed by atoms with Gasteiger partial charge in [0.25, 0.3) is 5.82 Å². The van der Waals surface area contributed by atoms with Crippen LogP contribution in [0.25, 0.3) is 10.9 Å². The second kappa shape index (κ2) is 7.07. The number of aryl methyl sites for hydroxylation is 1. The summed E-state index contributed by atoms with van der Waals surface area (Å²) < 4.78 is 10.5. The van der Waals surface area contributed by atoms with Crippen molar-refractivity contribution in [1.29, 1.82) is 0 Å². The number of piperidine rings is 1. The van der Waals surface area contributed by atoms with Gasteiger partial charge in [-0.25, -0.2) is 4.98 Å². The second-order valence-corrected chi connectivity index (χ2v) is 6.26. The summed E-state index contributed by atoms with van der Waals surface area (Å²) in [7, 11) is 1.68. The van der Waals surface area contributed by atoms with E-state index in [4.69, 9.17) is 9.47 Å². The number of aromatic nitrogens is 1. The Morgan fingerprint density at radius 1 is 1.29 bits per heavy atom. The Balaban J connectivity index is 1.77. The van der Waals surface area contributed by atoms with Gasteiger partial charge < -0.3 is 9.47 Å². The number of anilines is 1. The number of ether oxygens (including phenoxy) is 2. The van der Waals surface area contributed by atoms with Gasteiger partial charge >= 0.3 is 5.97 Å². The van der Waals surface area contributed by atoms with E-state index in [1.807, 2.05) is 13.0 Å². The van der Waals surface area contributed by atoms with Gasteiger partial charge in [-0.3, -0.25) is 9.69 Å². The lowest BCUT2D eigenvalue weighted by Crippen LogP contribution is -2.39. The Kier molecular flexibility index (Phi) is 4.88. The summed E-state index contributed by atoms with van der Waals surface area (Å²) in [6.45, 7) is 6.15. The van der Waals surface area contributed by atoms with Crippen molar-refractivity contribution in [2.24, 2.45) is 5.92 Å². The van der Waals surface area contributed by atoms with E-state index in [-0.39, 0.29) is 11.9 Å². The van der Waals surface area contributed by atoms with E-state index in [1.165, 1.54) is 10.9 Å². The average Bonchev–Trinajstić information content (AvgIpc) is 2.61. The van der Waals surface area contributed by atoms with Crippen LogP contribution in [0.15, 0.2) is 24.3 Å². The van der Waals surface area contributed by atoms with E-state index in [1.54, 1.807) is 7.11 Å². The smallest absolute Gasteiger partial charge is 0.309 e. The molecule has 2 aromatic rings. The predicted molar refractivity (Wildman–Crippen MR) is 93.4 cm³/mol. The van der Waals surface area contributed by atoms with Gasteiger partial charge in [-0.15, -0.1) is 0 Å². The number of nitrogens with one attached hydrogen (secondary N) is 1. The largest absolute Gasteiger partial charge is 0.497 e. The molecule has 0 spiro atoms. The highest BCUT2D eigenvalue weighted by molar-refractivity contribution is 5.82. The number of aromatic amines is 1. The van der Waals surface area contributed by atoms with E-state index < -0.39 is 0 Å². The minimum absolute atomic E-state index is 0.0343. The number of nitrogens with zero attached hydrogens (tertiary/aromatic N) is 1. The molecule has 0 saturated carbocycles. The number of benzene rings is 1. The molecule has 1 fully saturated rings. The van der Waals surface area contributed by atoms with Crippen molar-refractivity contribution in [1.82, 2.24) is 0 Å². The van der Waals surface area contributed by atoms with Crippen molar-refractivity contribution in [2.75, 3.05) is 31.7 Å². The summed E-state index contributed by atoms with van der Waals surface area (Å²) in [5.74, 6) is 1.95. The SMILES string of the molecule is CCOC(=O)C1CCN(c2cc(C)c3cc(OC)ccc3[nH+]2)CC1. The van der Waals surface area contributed by atoms with Gasteiger partial charge in [0.05, 0.1) is 32.7 Å². The van der Waals surface area contributed by atoms with Crippen molar-refractivity contribution in [3.8, 4) is 5.75 Å². The molecule has 1 saturated heterocycles. The topological polar surface area (TPSA) is 52.9 Å². The maximum absolute atomic E-state index is 11.9. The van der Waals surface area contributed by atoms with Gasteiger partial charge in [0.2, 0.25) is 0 Å². The highest BCUT2D eigenvalue weighted by atomic mass is 16.5. The lowest BCUT2D eigenvalue weighted by Gasteiger charge is -2.26. The van der Waals surface area contributed by atoms with Crippen LogP contribution in [-0.2, 0) is 9.53 Å². The molecule has 5 heteroatoms. The molecule has 1 aliphatic heterocycles. The summed E-state index contributed by atoms with van der Waals surface area (Å²) in [4.78, 5) is 17.7. The number of fused-ring (bicyclic) bond motifs is 1. The van der Waals surface area contributed by atoms with Crippen molar-refractivity contribution in [2.45, 2.75) is 26.7 Å². The van der Waals surface area contributed by atoms with Gasteiger partial charge in [-0.2, -0.15) is 0 Å². The molecule has 2 heterocycles. The van der Waals surface area contributed by atoms with E-state index in [2.05, 4.69) is 35.0 Å². The summed E-state index contributed by atoms with van der Waals surface area (Å²) >= 11 is 0. The zero-order valence-corrected chi connectivity index (χ0v) is 14.6. The standard InChI is InChI=1S/C19H24N2O3/c1-4-24-19(22)14-7-9-21(10-8-14)18-11-13(2)16-12-15(23-3)5-6-17(16)20-18/h5-6,11-12,14H,4,7-10H2,1-3H3/p+1. The third kappa shape index (κ3) is 3.30. The summed E-state index contributed by atoms with van der Waals surface area (Å²) in [6.07, 6.45) is 1.68. The number of H-pyrrole nitrogens is 1. The number of hydrogen-bond donors (Lipinski definition) is 0. The highest BCUT2D eigenvalue weighted by Gasteiger charge is 2.30. The number of carbonyl (C=O) groups excluding carboxylic acids is 1. The molecule has 1 N–H and O–H groups in total. The molecular formula is C19H25N2O3+. The third-order valence-electron chi connectivity index (χ3n) is 4.72. The molecule has 0 unspecified atom stereocenters. The summed E-state index contributed by atoms with van der Waals surface area (Å²) in [5.41, 5.74) is 2.31. The molecule has 0 bridgehead atoms. The van der Waals surface area contributed by atoms with E-state index in [0.29, 0.717) is 6.61 Å². The van der Waals surface area contributed by atoms with Gasteiger partial charge in [0.1, 0.15) is 11.3 Å². The zero-order valence-electron chi connectivity index (χ0n) is 14.6. The van der Waals surface area contributed by atoms with Gasteiger partial charge in [0, 0.05) is 11.5 Å². The molecular weight excluding hydrogens is 304 g/mol. The molecule has 5 nitrogen and oxygen atoms in total. The molecule has 1 aromatic heterocycles. The third-order valence-corrected chi connectivity index (χ3v) is 4.72. The van der Waals surface area contributed by atoms with Crippen LogP contribution in [0.3, 0.4) is 0 Å². The Morgan fingerprint density at radius 2 is 2.04 bits per heavy atom. The first-order chi connectivity index (χ1) is 11.6. The molecule has 0 radical (unpaired) electrons. The summed E-state index contributed by atoms with van der Waals surface area (Å²) in [5, 5.41) is 1.17. The van der Waals surface area contributed by atoms with E-state index >= 15 is 0 Å². The van der Waals surface area contributed by atoms with Crippen molar-refractivity contribution < 1.29 is 19.3 Å². The first-order valence-corrected chi connectivity index (χ1v) is 8.54. The first kappa shape index (κ1) is 16.6. The molecule has 0 atom stereocenters.